The summed E-state index contributed by atoms with van der Waals surface area (Å²) in [4.78, 5) is 0. The van der Waals surface area contributed by atoms with Gasteiger partial charge in [-0.2, -0.15) is 0 Å². The average Bonchev–Trinajstić information content (AvgIpc) is 2.30. The molecule has 1 aromatic rings. The maximum atomic E-state index is 7.33. The van der Waals surface area contributed by atoms with E-state index in [1.165, 1.54) is 0 Å². The molecule has 0 atom stereocenters. The fraction of sp³-hybridized carbons (Fsp3) is 0.462. The summed E-state index contributed by atoms with van der Waals surface area (Å²) >= 11 is 6.01. The summed E-state index contributed by atoms with van der Waals surface area (Å²) in [6.45, 7) is 5.01. The summed E-state index contributed by atoms with van der Waals surface area (Å²) in [6, 6.07) is 5.22. The summed E-state index contributed by atoms with van der Waals surface area (Å²) in [5.41, 5.74) is 5.93. The minimum Gasteiger partial charge on any atom is -0.493 e. The van der Waals surface area contributed by atoms with Crippen molar-refractivity contribution in [1.29, 1.82) is 5.41 Å². The molecular formula is C13H19ClN2O. The molecule has 0 aliphatic carbocycles. The van der Waals surface area contributed by atoms with Crippen LogP contribution in [0, 0.1) is 11.3 Å². The van der Waals surface area contributed by atoms with Gasteiger partial charge in [0.1, 0.15) is 11.6 Å². The molecule has 0 aromatic heterocycles. The molecule has 1 rings (SSSR count). The predicted molar refractivity (Wildman–Crippen MR) is 72.0 cm³/mol. The number of nitrogen functional groups attached to an aromatic ring is 1. The van der Waals surface area contributed by atoms with Crippen LogP contribution >= 0.6 is 11.6 Å². The molecule has 3 nitrogen and oxygen atoms in total. The molecule has 0 fully saturated rings. The second kappa shape index (κ2) is 6.50. The lowest BCUT2D eigenvalue weighted by Crippen LogP contribution is -2.12. The standard InChI is InChI=1S/C13H19ClN2O/c1-3-9(4-2)8-17-10-5-6-11(13(15)16)12(14)7-10/h5-7,9H,3-4,8H2,1-2H3,(H3,15,16). The Kier molecular flexibility index (Phi) is 5.29. The Morgan fingerprint density at radius 2 is 2.06 bits per heavy atom. The minimum atomic E-state index is -0.0263. The molecule has 0 radical (unpaired) electrons. The Morgan fingerprint density at radius 3 is 2.53 bits per heavy atom. The van der Waals surface area contributed by atoms with Crippen molar-refractivity contribution in [2.45, 2.75) is 26.7 Å². The zero-order valence-electron chi connectivity index (χ0n) is 10.3. The van der Waals surface area contributed by atoms with Crippen molar-refractivity contribution >= 4 is 17.4 Å². The lowest BCUT2D eigenvalue weighted by atomic mass is 10.1. The van der Waals surface area contributed by atoms with Gasteiger partial charge in [0.2, 0.25) is 0 Å². The zero-order valence-corrected chi connectivity index (χ0v) is 11.1. The van der Waals surface area contributed by atoms with Crippen LogP contribution < -0.4 is 10.5 Å². The first kappa shape index (κ1) is 13.8. The lowest BCUT2D eigenvalue weighted by Gasteiger charge is -2.14. The molecule has 94 valence electrons. The molecule has 0 aliphatic rings. The fourth-order valence-corrected chi connectivity index (χ4v) is 1.81. The van der Waals surface area contributed by atoms with Gasteiger partial charge in [-0.1, -0.05) is 38.3 Å². The summed E-state index contributed by atoms with van der Waals surface area (Å²) in [7, 11) is 0. The molecule has 0 saturated carbocycles. The number of ether oxygens (including phenoxy) is 1. The van der Waals surface area contributed by atoms with E-state index in [0.29, 0.717) is 23.1 Å². The third-order valence-corrected chi connectivity index (χ3v) is 3.18. The van der Waals surface area contributed by atoms with Gasteiger partial charge in [-0.15, -0.1) is 0 Å². The van der Waals surface area contributed by atoms with Crippen molar-refractivity contribution in [2.24, 2.45) is 11.7 Å². The number of nitrogens with one attached hydrogen (secondary N) is 1. The second-order valence-corrected chi connectivity index (χ2v) is 4.46. The molecule has 17 heavy (non-hydrogen) atoms. The molecule has 3 N–H and O–H groups in total. The molecule has 4 heteroatoms. The third-order valence-electron chi connectivity index (χ3n) is 2.87. The van der Waals surface area contributed by atoms with Crippen molar-refractivity contribution in [3.63, 3.8) is 0 Å². The van der Waals surface area contributed by atoms with Gasteiger partial charge in [-0.25, -0.2) is 0 Å². The van der Waals surface area contributed by atoms with Crippen LogP contribution in [0.2, 0.25) is 5.02 Å². The molecular weight excluding hydrogens is 236 g/mol. The Bertz CT molecular complexity index is 389. The van der Waals surface area contributed by atoms with E-state index in [0.717, 1.165) is 18.6 Å². The van der Waals surface area contributed by atoms with Gasteiger partial charge in [-0.3, -0.25) is 5.41 Å². The van der Waals surface area contributed by atoms with Crippen LogP contribution in [0.25, 0.3) is 0 Å². The van der Waals surface area contributed by atoms with Gasteiger partial charge >= 0.3 is 0 Å². The molecule has 0 amide bonds. The minimum absolute atomic E-state index is 0.0263. The molecule has 0 bridgehead atoms. The average molecular weight is 255 g/mol. The van der Waals surface area contributed by atoms with Crippen LogP contribution in [-0.4, -0.2) is 12.4 Å². The van der Waals surface area contributed by atoms with Crippen LogP contribution in [0.5, 0.6) is 5.75 Å². The highest BCUT2D eigenvalue weighted by Crippen LogP contribution is 2.23. The largest absolute Gasteiger partial charge is 0.493 e. The summed E-state index contributed by atoms with van der Waals surface area (Å²) in [5.74, 6) is 1.27. The summed E-state index contributed by atoms with van der Waals surface area (Å²) in [6.07, 6.45) is 2.21. The van der Waals surface area contributed by atoms with Gasteiger partial charge in [0.25, 0.3) is 0 Å². The number of amidine groups is 1. The van der Waals surface area contributed by atoms with Crippen LogP contribution in [0.15, 0.2) is 18.2 Å². The summed E-state index contributed by atoms with van der Waals surface area (Å²) < 4.78 is 5.67. The van der Waals surface area contributed by atoms with E-state index in [2.05, 4.69) is 13.8 Å². The van der Waals surface area contributed by atoms with Gasteiger partial charge in [0, 0.05) is 5.56 Å². The maximum absolute atomic E-state index is 7.33. The first-order valence-corrected chi connectivity index (χ1v) is 6.23. The first-order chi connectivity index (χ1) is 8.08. The molecule has 0 unspecified atom stereocenters. The van der Waals surface area contributed by atoms with Crippen molar-refractivity contribution in [1.82, 2.24) is 0 Å². The van der Waals surface area contributed by atoms with Crippen LogP contribution in [-0.2, 0) is 0 Å². The predicted octanol–water partition coefficient (Wildman–Crippen LogP) is 3.44. The number of hydrogen-bond donors (Lipinski definition) is 2. The van der Waals surface area contributed by atoms with Crippen LogP contribution in [0.4, 0.5) is 0 Å². The molecule has 0 heterocycles. The van der Waals surface area contributed by atoms with Crippen LogP contribution in [0.1, 0.15) is 32.3 Å². The van der Waals surface area contributed by atoms with E-state index in [1.807, 2.05) is 0 Å². The smallest absolute Gasteiger partial charge is 0.124 e. The summed E-state index contributed by atoms with van der Waals surface area (Å²) in [5, 5.41) is 7.79. The molecule has 0 spiro atoms. The van der Waals surface area contributed by atoms with Gasteiger partial charge in [0.15, 0.2) is 0 Å². The quantitative estimate of drug-likeness (QED) is 0.604. The third kappa shape index (κ3) is 3.93. The normalized spacial score (nSPS) is 10.6. The van der Waals surface area contributed by atoms with Crippen LogP contribution in [0.3, 0.4) is 0 Å². The van der Waals surface area contributed by atoms with E-state index in [4.69, 9.17) is 27.5 Å². The van der Waals surface area contributed by atoms with Crippen molar-refractivity contribution < 1.29 is 4.74 Å². The monoisotopic (exact) mass is 254 g/mol. The SMILES string of the molecule is CCC(CC)COc1ccc(C(=N)N)c(Cl)c1. The highest BCUT2D eigenvalue weighted by atomic mass is 35.5. The van der Waals surface area contributed by atoms with Gasteiger partial charge in [0.05, 0.1) is 11.6 Å². The maximum Gasteiger partial charge on any atom is 0.124 e. The fourth-order valence-electron chi connectivity index (χ4n) is 1.54. The first-order valence-electron chi connectivity index (χ1n) is 5.85. The Balaban J connectivity index is 2.67. The zero-order chi connectivity index (χ0) is 12.8. The lowest BCUT2D eigenvalue weighted by molar-refractivity contribution is 0.240. The Morgan fingerprint density at radius 1 is 1.41 bits per heavy atom. The van der Waals surface area contributed by atoms with Crippen molar-refractivity contribution in [2.75, 3.05) is 6.61 Å². The van der Waals surface area contributed by atoms with Crippen molar-refractivity contribution in [3.05, 3.63) is 28.8 Å². The number of rotatable bonds is 6. The number of hydrogen-bond acceptors (Lipinski definition) is 2. The van der Waals surface area contributed by atoms with Gasteiger partial charge in [-0.05, 0) is 24.1 Å². The highest BCUT2D eigenvalue weighted by Gasteiger charge is 2.07. The highest BCUT2D eigenvalue weighted by molar-refractivity contribution is 6.34. The Hall–Kier alpha value is -1.22. The topological polar surface area (TPSA) is 59.1 Å². The van der Waals surface area contributed by atoms with E-state index in [9.17, 15) is 0 Å². The van der Waals surface area contributed by atoms with E-state index < -0.39 is 0 Å². The van der Waals surface area contributed by atoms with E-state index in [-0.39, 0.29) is 5.84 Å². The number of benzene rings is 1. The number of halogens is 1. The molecule has 1 aromatic carbocycles. The van der Waals surface area contributed by atoms with E-state index >= 15 is 0 Å². The Labute approximate surface area is 107 Å². The number of nitrogens with two attached hydrogens (primary N) is 1. The van der Waals surface area contributed by atoms with Crippen molar-refractivity contribution in [3.8, 4) is 5.75 Å². The molecule has 0 saturated heterocycles. The van der Waals surface area contributed by atoms with Gasteiger partial charge < -0.3 is 10.5 Å². The second-order valence-electron chi connectivity index (χ2n) is 4.05. The molecule has 0 aliphatic heterocycles. The van der Waals surface area contributed by atoms with E-state index in [1.54, 1.807) is 18.2 Å².